The van der Waals surface area contributed by atoms with Crippen molar-refractivity contribution in [1.82, 2.24) is 10.2 Å². The predicted octanol–water partition coefficient (Wildman–Crippen LogP) is 6.39. The van der Waals surface area contributed by atoms with Crippen LogP contribution < -0.4 is 10.6 Å². The lowest BCUT2D eigenvalue weighted by atomic mass is 9.98. The molecule has 3 rings (SSSR count). The van der Waals surface area contributed by atoms with Gasteiger partial charge in [-0.25, -0.2) is 4.79 Å². The molecule has 2 unspecified atom stereocenters. The summed E-state index contributed by atoms with van der Waals surface area (Å²) in [6.07, 6.45) is 0.885. The van der Waals surface area contributed by atoms with Gasteiger partial charge in [0.05, 0.1) is 0 Å². The van der Waals surface area contributed by atoms with Gasteiger partial charge in [0.15, 0.2) is 0 Å². The molecule has 206 valence electrons. The highest BCUT2D eigenvalue weighted by Gasteiger charge is 2.37. The zero-order chi connectivity index (χ0) is 28.7. The molecule has 3 aromatic carbocycles. The van der Waals surface area contributed by atoms with E-state index >= 15 is 0 Å². The molecular formula is C32H39N3O4. The number of amides is 3. The smallest absolute Gasteiger partial charge is 0.408 e. The number of hydrogen-bond acceptors (Lipinski definition) is 4. The van der Waals surface area contributed by atoms with Crippen LogP contribution in [-0.4, -0.2) is 41.0 Å². The van der Waals surface area contributed by atoms with E-state index in [-0.39, 0.29) is 18.4 Å². The first-order valence-corrected chi connectivity index (χ1v) is 13.2. The number of ether oxygens (including phenoxy) is 1. The molecule has 0 heterocycles. The highest BCUT2D eigenvalue weighted by Crippen LogP contribution is 2.27. The zero-order valence-electron chi connectivity index (χ0n) is 23.7. The van der Waals surface area contributed by atoms with Crippen molar-refractivity contribution in [2.24, 2.45) is 5.92 Å². The molecule has 39 heavy (non-hydrogen) atoms. The Kier molecular flexibility index (Phi) is 9.51. The molecule has 7 heteroatoms. The van der Waals surface area contributed by atoms with Crippen LogP contribution in [0.25, 0.3) is 10.8 Å². The van der Waals surface area contributed by atoms with Gasteiger partial charge in [0.25, 0.3) is 5.91 Å². The van der Waals surface area contributed by atoms with Gasteiger partial charge in [-0.05, 0) is 62.1 Å². The van der Waals surface area contributed by atoms with E-state index in [0.29, 0.717) is 11.3 Å². The first-order chi connectivity index (χ1) is 18.4. The van der Waals surface area contributed by atoms with Crippen molar-refractivity contribution in [1.29, 1.82) is 0 Å². The molecule has 2 N–H and O–H groups in total. The van der Waals surface area contributed by atoms with Crippen molar-refractivity contribution >= 4 is 34.4 Å². The summed E-state index contributed by atoms with van der Waals surface area (Å²) >= 11 is 0. The minimum Gasteiger partial charge on any atom is -0.444 e. The van der Waals surface area contributed by atoms with Crippen molar-refractivity contribution in [3.63, 3.8) is 0 Å². The molecule has 0 fully saturated rings. The van der Waals surface area contributed by atoms with Crippen molar-refractivity contribution in [3.8, 4) is 0 Å². The van der Waals surface area contributed by atoms with E-state index in [0.717, 1.165) is 16.3 Å². The second kappa shape index (κ2) is 12.6. The standard InChI is InChI=1S/C32H39N3O4/c1-8-18-35(30(37)27(21(2)3)34-31(38)39-32(5,6)7)28(25-15-11-12-22(4)19-25)29(36)33-26-17-16-23-13-9-10-14-24(23)20-26/h8-17,19-21,27-28H,1,18H2,2-7H3,(H,33,36)(H,34,38). The van der Waals surface area contributed by atoms with Gasteiger partial charge in [-0.15, -0.1) is 6.58 Å². The molecule has 0 aliphatic heterocycles. The molecule has 0 aliphatic carbocycles. The van der Waals surface area contributed by atoms with E-state index in [1.54, 1.807) is 26.8 Å². The number of hydrogen-bond donors (Lipinski definition) is 2. The maximum atomic E-state index is 14.0. The molecule has 0 bridgehead atoms. The summed E-state index contributed by atoms with van der Waals surface area (Å²) in [6, 6.07) is 19.2. The highest BCUT2D eigenvalue weighted by atomic mass is 16.6. The minimum atomic E-state index is -0.969. The maximum absolute atomic E-state index is 14.0. The van der Waals surface area contributed by atoms with Crippen LogP contribution in [0, 0.1) is 12.8 Å². The van der Waals surface area contributed by atoms with Crippen molar-refractivity contribution in [2.75, 3.05) is 11.9 Å². The predicted molar refractivity (Wildman–Crippen MR) is 156 cm³/mol. The second-order valence-electron chi connectivity index (χ2n) is 11.0. The fourth-order valence-corrected chi connectivity index (χ4v) is 4.38. The van der Waals surface area contributed by atoms with Crippen LogP contribution in [0.3, 0.4) is 0 Å². The molecule has 0 saturated carbocycles. The lowest BCUT2D eigenvalue weighted by molar-refractivity contribution is -0.141. The van der Waals surface area contributed by atoms with Crippen LogP contribution >= 0.6 is 0 Å². The van der Waals surface area contributed by atoms with Gasteiger partial charge < -0.3 is 20.3 Å². The Labute approximate surface area is 231 Å². The van der Waals surface area contributed by atoms with E-state index in [2.05, 4.69) is 17.2 Å². The molecular weight excluding hydrogens is 490 g/mol. The molecule has 0 aliphatic rings. The second-order valence-corrected chi connectivity index (χ2v) is 11.0. The van der Waals surface area contributed by atoms with E-state index < -0.39 is 29.7 Å². The lowest BCUT2D eigenvalue weighted by Crippen LogP contribution is -2.54. The van der Waals surface area contributed by atoms with Crippen LogP contribution in [0.1, 0.15) is 51.8 Å². The maximum Gasteiger partial charge on any atom is 0.408 e. The Bertz CT molecular complexity index is 1340. The van der Waals surface area contributed by atoms with Gasteiger partial charge in [-0.3, -0.25) is 9.59 Å². The van der Waals surface area contributed by atoms with Crippen LogP contribution in [0.4, 0.5) is 10.5 Å². The van der Waals surface area contributed by atoms with Gasteiger partial charge in [0, 0.05) is 12.2 Å². The monoisotopic (exact) mass is 529 g/mol. The average molecular weight is 530 g/mol. The molecule has 7 nitrogen and oxygen atoms in total. The number of nitrogens with one attached hydrogen (secondary N) is 2. The minimum absolute atomic E-state index is 0.0990. The number of aryl methyl sites for hydroxylation is 1. The molecule has 0 aromatic heterocycles. The Morgan fingerprint density at radius 3 is 2.28 bits per heavy atom. The van der Waals surface area contributed by atoms with Crippen molar-refractivity contribution in [3.05, 3.63) is 90.5 Å². The van der Waals surface area contributed by atoms with Crippen LogP contribution in [0.5, 0.6) is 0 Å². The largest absolute Gasteiger partial charge is 0.444 e. The van der Waals surface area contributed by atoms with E-state index in [9.17, 15) is 14.4 Å². The normalized spacial score (nSPS) is 12.9. The number of alkyl carbamates (subject to hydrolysis) is 1. The highest BCUT2D eigenvalue weighted by molar-refractivity contribution is 6.00. The van der Waals surface area contributed by atoms with Gasteiger partial charge in [-0.2, -0.15) is 0 Å². The van der Waals surface area contributed by atoms with Crippen LogP contribution in [0.2, 0.25) is 0 Å². The number of fused-ring (bicyclic) bond motifs is 1. The average Bonchev–Trinajstić information content (AvgIpc) is 2.85. The van der Waals surface area contributed by atoms with E-state index in [1.165, 1.54) is 4.90 Å². The summed E-state index contributed by atoms with van der Waals surface area (Å²) in [4.78, 5) is 42.0. The molecule has 0 radical (unpaired) electrons. The number of carbonyl (C=O) groups excluding carboxylic acids is 3. The van der Waals surface area contributed by atoms with Gasteiger partial charge in [-0.1, -0.05) is 80.1 Å². The third-order valence-corrected chi connectivity index (χ3v) is 6.15. The Morgan fingerprint density at radius 2 is 1.67 bits per heavy atom. The third kappa shape index (κ3) is 7.93. The SMILES string of the molecule is C=CCN(C(=O)C(NC(=O)OC(C)(C)C)C(C)C)C(C(=O)Nc1ccc2ccccc2c1)c1cccc(C)c1. The van der Waals surface area contributed by atoms with Gasteiger partial charge in [0.1, 0.15) is 17.7 Å². The third-order valence-electron chi connectivity index (χ3n) is 6.15. The first kappa shape index (κ1) is 29.4. The summed E-state index contributed by atoms with van der Waals surface area (Å²) in [6.45, 7) is 14.8. The van der Waals surface area contributed by atoms with Crippen molar-refractivity contribution in [2.45, 2.75) is 59.2 Å². The fraction of sp³-hybridized carbons (Fsp3) is 0.344. The van der Waals surface area contributed by atoms with E-state index in [4.69, 9.17) is 4.74 Å². The summed E-state index contributed by atoms with van der Waals surface area (Å²) in [5.74, 6) is -1.04. The Balaban J connectivity index is 2.00. The number of anilines is 1. The van der Waals surface area contributed by atoms with Crippen molar-refractivity contribution < 1.29 is 19.1 Å². The van der Waals surface area contributed by atoms with Crippen LogP contribution in [0.15, 0.2) is 79.4 Å². The molecule has 2 atom stereocenters. The number of carbonyl (C=O) groups is 3. The number of rotatable bonds is 9. The fourth-order valence-electron chi connectivity index (χ4n) is 4.38. The van der Waals surface area contributed by atoms with Gasteiger partial charge in [0.2, 0.25) is 5.91 Å². The number of benzene rings is 3. The summed E-state index contributed by atoms with van der Waals surface area (Å²) in [5, 5.41) is 7.77. The lowest BCUT2D eigenvalue weighted by Gasteiger charge is -2.35. The molecule has 3 amide bonds. The summed E-state index contributed by atoms with van der Waals surface area (Å²) in [7, 11) is 0. The Morgan fingerprint density at radius 1 is 0.974 bits per heavy atom. The molecule has 3 aromatic rings. The van der Waals surface area contributed by atoms with Crippen LogP contribution in [-0.2, 0) is 14.3 Å². The number of nitrogens with zero attached hydrogens (tertiary/aromatic N) is 1. The van der Waals surface area contributed by atoms with Gasteiger partial charge >= 0.3 is 6.09 Å². The summed E-state index contributed by atoms with van der Waals surface area (Å²) in [5.41, 5.74) is 1.51. The Hall–Kier alpha value is -4.13. The molecule has 0 spiro atoms. The summed E-state index contributed by atoms with van der Waals surface area (Å²) < 4.78 is 5.41. The topological polar surface area (TPSA) is 87.7 Å². The van der Waals surface area contributed by atoms with E-state index in [1.807, 2.05) is 87.5 Å². The first-order valence-electron chi connectivity index (χ1n) is 13.2. The quantitative estimate of drug-likeness (QED) is 0.314. The zero-order valence-corrected chi connectivity index (χ0v) is 23.7. The molecule has 0 saturated heterocycles.